The average Bonchev–Trinajstić information content (AvgIpc) is 3.16. The number of nitrogens with zero attached hydrogens (tertiary/aromatic N) is 2. The highest BCUT2D eigenvalue weighted by Gasteiger charge is 2.27. The number of hydrogen-bond donors (Lipinski definition) is 1. The van der Waals surface area contributed by atoms with Gasteiger partial charge in [0, 0.05) is 43.8 Å². The lowest BCUT2D eigenvalue weighted by Gasteiger charge is -2.37. The van der Waals surface area contributed by atoms with Crippen molar-refractivity contribution in [3.63, 3.8) is 0 Å². The molecule has 1 aliphatic heterocycles. The van der Waals surface area contributed by atoms with Crippen LogP contribution in [0.1, 0.15) is 32.6 Å². The van der Waals surface area contributed by atoms with Gasteiger partial charge >= 0.3 is 0 Å². The van der Waals surface area contributed by atoms with Crippen LogP contribution in [0.4, 0.5) is 0 Å². The predicted octanol–water partition coefficient (Wildman–Crippen LogP) is 2.78. The number of halogens is 1. The van der Waals surface area contributed by atoms with Crippen LogP contribution in [0.5, 0.6) is 5.75 Å². The highest BCUT2D eigenvalue weighted by atomic mass is 35.5. The molecular weight excluding hydrogens is 350 g/mol. The van der Waals surface area contributed by atoms with E-state index >= 15 is 0 Å². The Bertz CT molecular complexity index is 567. The van der Waals surface area contributed by atoms with Crippen LogP contribution >= 0.6 is 11.6 Å². The predicted molar refractivity (Wildman–Crippen MR) is 105 cm³/mol. The van der Waals surface area contributed by atoms with Crippen LogP contribution in [0.15, 0.2) is 24.3 Å². The molecule has 1 amide bonds. The Kier molecular flexibility index (Phi) is 7.17. The fraction of sp³-hybridized carbons (Fsp3) is 0.650. The first-order chi connectivity index (χ1) is 12.6. The topological polar surface area (TPSA) is 44.8 Å². The van der Waals surface area contributed by atoms with Gasteiger partial charge in [-0.3, -0.25) is 14.6 Å². The minimum Gasteiger partial charge on any atom is -0.492 e. The molecule has 1 aromatic carbocycles. The van der Waals surface area contributed by atoms with E-state index in [9.17, 15) is 4.79 Å². The molecule has 1 aliphatic carbocycles. The van der Waals surface area contributed by atoms with Gasteiger partial charge in [-0.2, -0.15) is 0 Å². The fourth-order valence-electron chi connectivity index (χ4n) is 3.76. The molecule has 1 atom stereocenters. The second-order valence-electron chi connectivity index (χ2n) is 7.35. The van der Waals surface area contributed by atoms with E-state index in [1.807, 2.05) is 31.2 Å². The minimum atomic E-state index is -0.0388. The molecule has 5 nitrogen and oxygen atoms in total. The third kappa shape index (κ3) is 5.60. The van der Waals surface area contributed by atoms with Crippen molar-refractivity contribution in [2.24, 2.45) is 0 Å². The summed E-state index contributed by atoms with van der Waals surface area (Å²) in [5.74, 6) is 1.04. The van der Waals surface area contributed by atoms with Gasteiger partial charge in [-0.15, -0.1) is 0 Å². The number of nitrogens with one attached hydrogen (secondary N) is 1. The van der Waals surface area contributed by atoms with Crippen LogP contribution in [0, 0.1) is 0 Å². The van der Waals surface area contributed by atoms with Gasteiger partial charge in [0.1, 0.15) is 12.4 Å². The standard InChI is InChI=1S/C20H30ClN3O2/c1-16(20(25)22-18-4-2-3-5-18)24-12-10-23(11-13-24)14-15-26-19-8-6-17(21)7-9-19/h6-9,16,18H,2-5,10-15H2,1H3,(H,22,25). The number of rotatable bonds is 7. The second kappa shape index (κ2) is 9.58. The van der Waals surface area contributed by atoms with Gasteiger partial charge in [0.05, 0.1) is 6.04 Å². The lowest BCUT2D eigenvalue weighted by Crippen LogP contribution is -2.55. The Hall–Kier alpha value is -1.30. The Morgan fingerprint density at radius 2 is 1.85 bits per heavy atom. The van der Waals surface area contributed by atoms with Crippen molar-refractivity contribution < 1.29 is 9.53 Å². The Balaban J connectivity index is 1.34. The third-order valence-electron chi connectivity index (χ3n) is 5.53. The van der Waals surface area contributed by atoms with Crippen LogP contribution in [-0.4, -0.2) is 67.1 Å². The van der Waals surface area contributed by atoms with Crippen LogP contribution < -0.4 is 10.1 Å². The first-order valence-corrected chi connectivity index (χ1v) is 10.1. The number of benzene rings is 1. The summed E-state index contributed by atoms with van der Waals surface area (Å²) in [4.78, 5) is 17.1. The quantitative estimate of drug-likeness (QED) is 0.791. The summed E-state index contributed by atoms with van der Waals surface area (Å²) >= 11 is 5.88. The molecule has 3 rings (SSSR count). The smallest absolute Gasteiger partial charge is 0.237 e. The van der Waals surface area contributed by atoms with Gasteiger partial charge in [0.25, 0.3) is 0 Å². The van der Waals surface area contributed by atoms with Crippen LogP contribution in [0.25, 0.3) is 0 Å². The molecule has 1 N–H and O–H groups in total. The number of carbonyl (C=O) groups excluding carboxylic acids is 1. The SMILES string of the molecule is CC(C(=O)NC1CCCC1)N1CCN(CCOc2ccc(Cl)cc2)CC1. The molecule has 0 bridgehead atoms. The van der Waals surface area contributed by atoms with Gasteiger partial charge in [0.2, 0.25) is 5.91 Å². The Morgan fingerprint density at radius 3 is 2.50 bits per heavy atom. The van der Waals surface area contributed by atoms with Gasteiger partial charge in [-0.1, -0.05) is 24.4 Å². The molecule has 0 spiro atoms. The highest BCUT2D eigenvalue weighted by molar-refractivity contribution is 6.30. The largest absolute Gasteiger partial charge is 0.492 e. The summed E-state index contributed by atoms with van der Waals surface area (Å²) in [6.45, 7) is 7.42. The zero-order chi connectivity index (χ0) is 18.4. The lowest BCUT2D eigenvalue weighted by molar-refractivity contribution is -0.127. The van der Waals surface area contributed by atoms with E-state index in [-0.39, 0.29) is 11.9 Å². The molecule has 2 fully saturated rings. The molecule has 1 saturated heterocycles. The van der Waals surface area contributed by atoms with Gasteiger partial charge in [0.15, 0.2) is 0 Å². The number of piperazine rings is 1. The molecule has 6 heteroatoms. The molecule has 1 aromatic rings. The molecule has 0 radical (unpaired) electrons. The molecule has 1 unspecified atom stereocenters. The van der Waals surface area contributed by atoms with Crippen molar-refractivity contribution in [3.8, 4) is 5.75 Å². The van der Waals surface area contributed by atoms with Crippen molar-refractivity contribution in [2.45, 2.75) is 44.7 Å². The molecule has 2 aliphatic rings. The lowest BCUT2D eigenvalue weighted by atomic mass is 10.2. The van der Waals surface area contributed by atoms with Crippen LogP contribution in [0.2, 0.25) is 5.02 Å². The summed E-state index contributed by atoms with van der Waals surface area (Å²) in [6, 6.07) is 7.83. The third-order valence-corrected chi connectivity index (χ3v) is 5.78. The summed E-state index contributed by atoms with van der Waals surface area (Å²) < 4.78 is 5.77. The summed E-state index contributed by atoms with van der Waals surface area (Å²) in [6.07, 6.45) is 4.77. The van der Waals surface area contributed by atoms with E-state index in [1.54, 1.807) is 0 Å². The van der Waals surface area contributed by atoms with E-state index in [0.717, 1.165) is 56.3 Å². The number of carbonyl (C=O) groups is 1. The minimum absolute atomic E-state index is 0.0388. The van der Waals surface area contributed by atoms with E-state index in [2.05, 4.69) is 15.1 Å². The summed E-state index contributed by atoms with van der Waals surface area (Å²) in [5, 5.41) is 3.94. The molecule has 144 valence electrons. The molecule has 1 saturated carbocycles. The highest BCUT2D eigenvalue weighted by Crippen LogP contribution is 2.18. The zero-order valence-corrected chi connectivity index (χ0v) is 16.4. The first kappa shape index (κ1) is 19.5. The number of ether oxygens (including phenoxy) is 1. The molecule has 0 aromatic heterocycles. The molecule has 1 heterocycles. The van der Waals surface area contributed by atoms with Crippen molar-refractivity contribution in [1.29, 1.82) is 0 Å². The Morgan fingerprint density at radius 1 is 1.19 bits per heavy atom. The van der Waals surface area contributed by atoms with Crippen molar-refractivity contribution in [1.82, 2.24) is 15.1 Å². The average molecular weight is 380 g/mol. The maximum Gasteiger partial charge on any atom is 0.237 e. The van der Waals surface area contributed by atoms with E-state index in [1.165, 1.54) is 12.8 Å². The summed E-state index contributed by atoms with van der Waals surface area (Å²) in [5.41, 5.74) is 0. The summed E-state index contributed by atoms with van der Waals surface area (Å²) in [7, 11) is 0. The van der Waals surface area contributed by atoms with Crippen molar-refractivity contribution in [3.05, 3.63) is 29.3 Å². The zero-order valence-electron chi connectivity index (χ0n) is 15.6. The van der Waals surface area contributed by atoms with Crippen LogP contribution in [-0.2, 0) is 4.79 Å². The number of amides is 1. The monoisotopic (exact) mass is 379 g/mol. The normalized spacial score (nSPS) is 20.8. The Labute approximate surface area is 161 Å². The fourth-order valence-corrected chi connectivity index (χ4v) is 3.88. The molecular formula is C20H30ClN3O2. The van der Waals surface area contributed by atoms with Crippen molar-refractivity contribution in [2.75, 3.05) is 39.3 Å². The molecule has 26 heavy (non-hydrogen) atoms. The van der Waals surface area contributed by atoms with Crippen LogP contribution in [0.3, 0.4) is 0 Å². The van der Waals surface area contributed by atoms with E-state index < -0.39 is 0 Å². The van der Waals surface area contributed by atoms with Gasteiger partial charge < -0.3 is 10.1 Å². The second-order valence-corrected chi connectivity index (χ2v) is 7.78. The first-order valence-electron chi connectivity index (χ1n) is 9.77. The van der Waals surface area contributed by atoms with Crippen molar-refractivity contribution >= 4 is 17.5 Å². The van der Waals surface area contributed by atoms with Gasteiger partial charge in [-0.25, -0.2) is 0 Å². The van der Waals surface area contributed by atoms with E-state index in [0.29, 0.717) is 12.6 Å². The van der Waals surface area contributed by atoms with Gasteiger partial charge in [-0.05, 0) is 44.0 Å². The maximum atomic E-state index is 12.4. The maximum absolute atomic E-state index is 12.4. The van der Waals surface area contributed by atoms with E-state index in [4.69, 9.17) is 16.3 Å². The number of hydrogen-bond acceptors (Lipinski definition) is 4.